The first-order valence-corrected chi connectivity index (χ1v) is 7.42. The van der Waals surface area contributed by atoms with Gasteiger partial charge in [0.2, 0.25) is 11.7 Å². The second-order valence-electron chi connectivity index (χ2n) is 5.31. The first kappa shape index (κ1) is 13.6. The standard InChI is InChI=1S/C15H18ClN3O/c1-2-15(7-9-17-10-8-15)14-18-13(19-20-14)11-3-5-12(16)6-4-11/h3-6,17H,2,7-10H2,1H3. The molecule has 0 bridgehead atoms. The van der Waals surface area contributed by atoms with Crippen LogP contribution in [0.2, 0.25) is 5.02 Å². The van der Waals surface area contributed by atoms with Gasteiger partial charge in [0, 0.05) is 10.6 Å². The maximum atomic E-state index is 5.90. The third kappa shape index (κ3) is 2.45. The highest BCUT2D eigenvalue weighted by molar-refractivity contribution is 6.30. The Morgan fingerprint density at radius 1 is 1.25 bits per heavy atom. The number of aromatic nitrogens is 2. The number of hydrogen-bond donors (Lipinski definition) is 1. The van der Waals surface area contributed by atoms with Gasteiger partial charge in [-0.1, -0.05) is 23.7 Å². The van der Waals surface area contributed by atoms with E-state index in [9.17, 15) is 0 Å². The van der Waals surface area contributed by atoms with Crippen molar-refractivity contribution in [1.82, 2.24) is 15.5 Å². The van der Waals surface area contributed by atoms with Crippen molar-refractivity contribution in [2.75, 3.05) is 13.1 Å². The summed E-state index contributed by atoms with van der Waals surface area (Å²) < 4.78 is 5.56. The second-order valence-corrected chi connectivity index (χ2v) is 5.75. The normalized spacial score (nSPS) is 18.1. The molecule has 0 spiro atoms. The van der Waals surface area contributed by atoms with Crippen LogP contribution in [0.3, 0.4) is 0 Å². The number of nitrogens with zero attached hydrogens (tertiary/aromatic N) is 2. The highest BCUT2D eigenvalue weighted by atomic mass is 35.5. The number of hydrogen-bond acceptors (Lipinski definition) is 4. The van der Waals surface area contributed by atoms with E-state index in [1.54, 1.807) is 0 Å². The Hall–Kier alpha value is -1.39. The maximum absolute atomic E-state index is 5.90. The van der Waals surface area contributed by atoms with Gasteiger partial charge in [-0.3, -0.25) is 0 Å². The zero-order chi connectivity index (χ0) is 14.0. The van der Waals surface area contributed by atoms with Crippen LogP contribution in [0.15, 0.2) is 28.8 Å². The van der Waals surface area contributed by atoms with Crippen LogP contribution in [0, 0.1) is 0 Å². The maximum Gasteiger partial charge on any atom is 0.233 e. The number of nitrogens with one attached hydrogen (secondary N) is 1. The Bertz CT molecular complexity index is 573. The molecule has 3 rings (SSSR count). The molecule has 20 heavy (non-hydrogen) atoms. The Labute approximate surface area is 123 Å². The highest BCUT2D eigenvalue weighted by Crippen LogP contribution is 2.36. The van der Waals surface area contributed by atoms with E-state index in [4.69, 9.17) is 16.1 Å². The molecule has 2 heterocycles. The van der Waals surface area contributed by atoms with Gasteiger partial charge in [-0.15, -0.1) is 0 Å². The molecular weight excluding hydrogens is 274 g/mol. The van der Waals surface area contributed by atoms with Gasteiger partial charge in [-0.25, -0.2) is 0 Å². The van der Waals surface area contributed by atoms with E-state index >= 15 is 0 Å². The average Bonchev–Trinajstić information content (AvgIpc) is 2.99. The predicted molar refractivity (Wildman–Crippen MR) is 78.8 cm³/mol. The molecule has 4 nitrogen and oxygen atoms in total. The van der Waals surface area contributed by atoms with Gasteiger partial charge >= 0.3 is 0 Å². The third-order valence-corrected chi connectivity index (χ3v) is 4.47. The molecule has 0 saturated carbocycles. The minimum absolute atomic E-state index is 0.0307. The quantitative estimate of drug-likeness (QED) is 0.941. The molecule has 0 atom stereocenters. The SMILES string of the molecule is CCC1(c2nc(-c3ccc(Cl)cc3)no2)CCNCC1. The molecule has 5 heteroatoms. The number of piperidine rings is 1. The lowest BCUT2D eigenvalue weighted by Crippen LogP contribution is -2.39. The summed E-state index contributed by atoms with van der Waals surface area (Å²) in [6.45, 7) is 4.20. The fourth-order valence-electron chi connectivity index (χ4n) is 2.78. The van der Waals surface area contributed by atoms with Crippen LogP contribution in [0.1, 0.15) is 32.1 Å². The van der Waals surface area contributed by atoms with Crippen molar-refractivity contribution in [2.24, 2.45) is 0 Å². The van der Waals surface area contributed by atoms with Crippen LogP contribution in [-0.4, -0.2) is 23.2 Å². The van der Waals surface area contributed by atoms with Crippen LogP contribution in [0.25, 0.3) is 11.4 Å². The van der Waals surface area contributed by atoms with Crippen LogP contribution in [-0.2, 0) is 5.41 Å². The van der Waals surface area contributed by atoms with Crippen molar-refractivity contribution < 1.29 is 4.52 Å². The van der Waals surface area contributed by atoms with E-state index < -0.39 is 0 Å². The van der Waals surface area contributed by atoms with Crippen molar-refractivity contribution in [3.05, 3.63) is 35.2 Å². The highest BCUT2D eigenvalue weighted by Gasteiger charge is 2.37. The summed E-state index contributed by atoms with van der Waals surface area (Å²) in [5, 5.41) is 8.23. The van der Waals surface area contributed by atoms with Crippen LogP contribution in [0.4, 0.5) is 0 Å². The molecule has 0 radical (unpaired) electrons. The zero-order valence-corrected chi connectivity index (χ0v) is 12.3. The second kappa shape index (κ2) is 5.54. The Morgan fingerprint density at radius 3 is 2.60 bits per heavy atom. The number of rotatable bonds is 3. The molecule has 2 aromatic rings. The summed E-state index contributed by atoms with van der Waals surface area (Å²) in [6.07, 6.45) is 3.12. The first-order chi connectivity index (χ1) is 9.73. The van der Waals surface area contributed by atoms with Crippen LogP contribution in [0.5, 0.6) is 0 Å². The summed E-state index contributed by atoms with van der Waals surface area (Å²) in [5.74, 6) is 1.41. The monoisotopic (exact) mass is 291 g/mol. The number of halogens is 1. The van der Waals surface area contributed by atoms with E-state index in [2.05, 4.69) is 22.4 Å². The minimum Gasteiger partial charge on any atom is -0.338 e. The lowest BCUT2D eigenvalue weighted by molar-refractivity contribution is 0.216. The minimum atomic E-state index is 0.0307. The lowest BCUT2D eigenvalue weighted by Gasteiger charge is -2.33. The fourth-order valence-corrected chi connectivity index (χ4v) is 2.91. The molecular formula is C15H18ClN3O. The smallest absolute Gasteiger partial charge is 0.233 e. The Morgan fingerprint density at radius 2 is 1.95 bits per heavy atom. The molecule has 0 unspecified atom stereocenters. The average molecular weight is 292 g/mol. The molecule has 106 valence electrons. The first-order valence-electron chi connectivity index (χ1n) is 7.04. The molecule has 1 N–H and O–H groups in total. The van der Waals surface area contributed by atoms with Gasteiger partial charge in [-0.05, 0) is 56.6 Å². The van der Waals surface area contributed by atoms with Gasteiger partial charge in [0.05, 0.1) is 5.41 Å². The predicted octanol–water partition coefficient (Wildman–Crippen LogP) is 3.42. The zero-order valence-electron chi connectivity index (χ0n) is 11.5. The molecule has 1 fully saturated rings. The van der Waals surface area contributed by atoms with Crippen molar-refractivity contribution in [1.29, 1.82) is 0 Å². The van der Waals surface area contributed by atoms with Gasteiger partial charge in [-0.2, -0.15) is 4.98 Å². The van der Waals surface area contributed by atoms with Gasteiger partial charge < -0.3 is 9.84 Å². The van der Waals surface area contributed by atoms with Crippen molar-refractivity contribution in [2.45, 2.75) is 31.6 Å². The van der Waals surface area contributed by atoms with Crippen LogP contribution >= 0.6 is 11.6 Å². The largest absolute Gasteiger partial charge is 0.338 e. The molecule has 0 amide bonds. The van der Waals surface area contributed by atoms with E-state index in [-0.39, 0.29) is 5.41 Å². The summed E-state index contributed by atoms with van der Waals surface area (Å²) in [4.78, 5) is 4.63. The van der Waals surface area contributed by atoms with E-state index in [1.165, 1.54) is 0 Å². The van der Waals surface area contributed by atoms with Gasteiger partial charge in [0.1, 0.15) is 0 Å². The fraction of sp³-hybridized carbons (Fsp3) is 0.467. The van der Waals surface area contributed by atoms with Crippen molar-refractivity contribution in [3.8, 4) is 11.4 Å². The van der Waals surface area contributed by atoms with E-state index in [1.807, 2.05) is 24.3 Å². The topological polar surface area (TPSA) is 51.0 Å². The van der Waals surface area contributed by atoms with Crippen molar-refractivity contribution >= 4 is 11.6 Å². The summed E-state index contributed by atoms with van der Waals surface area (Å²) in [7, 11) is 0. The molecule has 1 aromatic carbocycles. The molecule has 1 aromatic heterocycles. The molecule has 1 saturated heterocycles. The van der Waals surface area contributed by atoms with E-state index in [0.29, 0.717) is 10.8 Å². The Balaban J connectivity index is 1.91. The third-order valence-electron chi connectivity index (χ3n) is 4.22. The van der Waals surface area contributed by atoms with Crippen LogP contribution < -0.4 is 5.32 Å². The van der Waals surface area contributed by atoms with E-state index in [0.717, 1.165) is 43.8 Å². The summed E-state index contributed by atoms with van der Waals surface area (Å²) >= 11 is 5.90. The lowest BCUT2D eigenvalue weighted by atomic mass is 9.76. The van der Waals surface area contributed by atoms with Crippen molar-refractivity contribution in [3.63, 3.8) is 0 Å². The molecule has 1 aliphatic heterocycles. The van der Waals surface area contributed by atoms with Gasteiger partial charge in [0.25, 0.3) is 0 Å². The van der Waals surface area contributed by atoms with Gasteiger partial charge in [0.15, 0.2) is 0 Å². The Kier molecular flexibility index (Phi) is 3.76. The molecule has 1 aliphatic rings. The summed E-state index contributed by atoms with van der Waals surface area (Å²) in [5.41, 5.74) is 0.965. The summed E-state index contributed by atoms with van der Waals surface area (Å²) in [6, 6.07) is 7.51. The number of benzene rings is 1. The molecule has 0 aliphatic carbocycles.